The van der Waals surface area contributed by atoms with Crippen LogP contribution in [-0.4, -0.2) is 9.97 Å². The molecule has 0 bridgehead atoms. The number of nitrogens with two attached hydrogens (primary N) is 1. The van der Waals surface area contributed by atoms with E-state index in [0.717, 1.165) is 11.4 Å². The van der Waals surface area contributed by atoms with Gasteiger partial charge in [-0.3, -0.25) is 0 Å². The largest absolute Gasteiger partial charge is 0.384 e. The topological polar surface area (TPSA) is 75.9 Å². The van der Waals surface area contributed by atoms with Gasteiger partial charge in [-0.2, -0.15) is 0 Å². The van der Waals surface area contributed by atoms with Crippen molar-refractivity contribution >= 4 is 28.8 Å². The van der Waals surface area contributed by atoms with Gasteiger partial charge in [0.1, 0.15) is 17.8 Å². The lowest BCUT2D eigenvalue weighted by Gasteiger charge is -2.22. The number of benzene rings is 1. The van der Waals surface area contributed by atoms with Crippen molar-refractivity contribution in [3.05, 3.63) is 42.4 Å². The van der Waals surface area contributed by atoms with Crippen LogP contribution in [0.15, 0.2) is 36.7 Å². The molecule has 3 rings (SSSR count). The standard InChI is InChI=1S/C11H10ClN5/c12-11(9-5-10(13)15-6-14-9)16-7-3-1-2-4-8(7)17-11/h1-6,16-17H,(H2,13,14,15). The third-order valence-electron chi connectivity index (χ3n) is 2.58. The Kier molecular flexibility index (Phi) is 2.09. The highest BCUT2D eigenvalue weighted by molar-refractivity contribution is 6.27. The van der Waals surface area contributed by atoms with Gasteiger partial charge < -0.3 is 16.4 Å². The summed E-state index contributed by atoms with van der Waals surface area (Å²) in [4.78, 5) is 7.97. The summed E-state index contributed by atoms with van der Waals surface area (Å²) in [7, 11) is 0. The van der Waals surface area contributed by atoms with E-state index in [9.17, 15) is 0 Å². The zero-order valence-corrected chi connectivity index (χ0v) is 9.57. The molecule has 2 aromatic rings. The molecule has 0 atom stereocenters. The van der Waals surface area contributed by atoms with E-state index >= 15 is 0 Å². The second kappa shape index (κ2) is 3.49. The molecule has 0 saturated heterocycles. The van der Waals surface area contributed by atoms with Gasteiger partial charge in [0, 0.05) is 6.07 Å². The Morgan fingerprint density at radius 3 is 2.35 bits per heavy atom. The quantitative estimate of drug-likeness (QED) is 0.530. The van der Waals surface area contributed by atoms with Gasteiger partial charge in [0.15, 0.2) is 0 Å². The zero-order chi connectivity index (χ0) is 11.9. The molecule has 17 heavy (non-hydrogen) atoms. The molecule has 0 spiro atoms. The molecule has 1 aromatic heterocycles. The fourth-order valence-corrected chi connectivity index (χ4v) is 2.10. The molecular formula is C11H10ClN5. The molecule has 5 nitrogen and oxygen atoms in total. The Labute approximate surface area is 103 Å². The van der Waals surface area contributed by atoms with Crippen molar-refractivity contribution in [3.8, 4) is 0 Å². The Morgan fingerprint density at radius 2 is 1.76 bits per heavy atom. The number of nitrogen functional groups attached to an aromatic ring is 1. The van der Waals surface area contributed by atoms with E-state index in [0.29, 0.717) is 11.5 Å². The molecule has 86 valence electrons. The number of hydrogen-bond donors (Lipinski definition) is 3. The third kappa shape index (κ3) is 1.64. The van der Waals surface area contributed by atoms with E-state index in [1.807, 2.05) is 24.3 Å². The predicted octanol–water partition coefficient (Wildman–Crippen LogP) is 1.95. The highest BCUT2D eigenvalue weighted by atomic mass is 35.5. The van der Waals surface area contributed by atoms with Gasteiger partial charge in [0.25, 0.3) is 0 Å². The van der Waals surface area contributed by atoms with Crippen LogP contribution in [0.1, 0.15) is 5.69 Å². The fraction of sp³-hybridized carbons (Fsp3) is 0.0909. The minimum absolute atomic E-state index is 0.384. The van der Waals surface area contributed by atoms with Crippen molar-refractivity contribution in [2.45, 2.75) is 5.12 Å². The van der Waals surface area contributed by atoms with Crippen LogP contribution in [-0.2, 0) is 5.12 Å². The molecule has 6 heteroatoms. The third-order valence-corrected chi connectivity index (χ3v) is 2.96. The molecule has 0 unspecified atom stereocenters. The highest BCUT2D eigenvalue weighted by Crippen LogP contribution is 2.41. The van der Waals surface area contributed by atoms with E-state index < -0.39 is 5.12 Å². The number of nitrogens with zero attached hydrogens (tertiary/aromatic N) is 2. The summed E-state index contributed by atoms with van der Waals surface area (Å²) in [6.07, 6.45) is 1.39. The van der Waals surface area contributed by atoms with Crippen molar-refractivity contribution in [1.29, 1.82) is 0 Å². The number of para-hydroxylation sites is 2. The predicted molar refractivity (Wildman–Crippen MR) is 67.7 cm³/mol. The molecule has 0 saturated carbocycles. The van der Waals surface area contributed by atoms with Crippen molar-refractivity contribution in [1.82, 2.24) is 9.97 Å². The minimum atomic E-state index is -0.971. The first kappa shape index (κ1) is 10.2. The molecule has 0 amide bonds. The van der Waals surface area contributed by atoms with Crippen LogP contribution < -0.4 is 16.4 Å². The lowest BCUT2D eigenvalue weighted by atomic mass is 10.3. The molecule has 0 aliphatic carbocycles. The average molecular weight is 248 g/mol. The molecule has 1 aliphatic rings. The van der Waals surface area contributed by atoms with Gasteiger partial charge in [-0.15, -0.1) is 0 Å². The van der Waals surface area contributed by atoms with E-state index in [1.165, 1.54) is 6.33 Å². The van der Waals surface area contributed by atoms with Crippen molar-refractivity contribution in [2.24, 2.45) is 0 Å². The number of hydrogen-bond acceptors (Lipinski definition) is 5. The summed E-state index contributed by atoms with van der Waals surface area (Å²) in [5.74, 6) is 0.384. The lowest BCUT2D eigenvalue weighted by Crippen LogP contribution is -2.33. The molecule has 0 fully saturated rings. The number of fused-ring (bicyclic) bond motifs is 1. The van der Waals surface area contributed by atoms with Crippen LogP contribution in [0, 0.1) is 0 Å². The van der Waals surface area contributed by atoms with E-state index in [1.54, 1.807) is 6.07 Å². The first-order valence-electron chi connectivity index (χ1n) is 5.10. The Bertz CT molecular complexity index is 546. The second-order valence-corrected chi connectivity index (χ2v) is 4.35. The average Bonchev–Trinajstić information content (AvgIpc) is 2.66. The monoisotopic (exact) mass is 247 g/mol. The zero-order valence-electron chi connectivity index (χ0n) is 8.81. The number of rotatable bonds is 1. The smallest absolute Gasteiger partial charge is 0.230 e. The highest BCUT2D eigenvalue weighted by Gasteiger charge is 2.37. The maximum atomic E-state index is 6.47. The minimum Gasteiger partial charge on any atom is -0.384 e. The Morgan fingerprint density at radius 1 is 1.12 bits per heavy atom. The van der Waals surface area contributed by atoms with Gasteiger partial charge >= 0.3 is 0 Å². The number of aromatic nitrogens is 2. The molecule has 1 aromatic carbocycles. The molecule has 4 N–H and O–H groups in total. The summed E-state index contributed by atoms with van der Waals surface area (Å²) >= 11 is 6.47. The maximum Gasteiger partial charge on any atom is 0.230 e. The first-order chi connectivity index (χ1) is 8.17. The van der Waals surface area contributed by atoms with Crippen LogP contribution >= 0.6 is 11.6 Å². The number of alkyl halides is 1. The summed E-state index contributed by atoms with van der Waals surface area (Å²) in [6, 6.07) is 9.39. The summed E-state index contributed by atoms with van der Waals surface area (Å²) < 4.78 is 0. The molecule has 1 aliphatic heterocycles. The van der Waals surface area contributed by atoms with Crippen LogP contribution in [0.4, 0.5) is 17.2 Å². The fourth-order valence-electron chi connectivity index (χ4n) is 1.79. The van der Waals surface area contributed by atoms with Crippen LogP contribution in [0.5, 0.6) is 0 Å². The molecule has 2 heterocycles. The number of nitrogens with one attached hydrogen (secondary N) is 2. The van der Waals surface area contributed by atoms with Crippen molar-refractivity contribution in [2.75, 3.05) is 16.4 Å². The Balaban J connectivity index is 2.01. The van der Waals surface area contributed by atoms with Gasteiger partial charge in [-0.05, 0) is 12.1 Å². The van der Waals surface area contributed by atoms with Crippen LogP contribution in [0.25, 0.3) is 0 Å². The summed E-state index contributed by atoms with van der Waals surface area (Å²) in [5, 5.41) is 5.35. The Hall–Kier alpha value is -2.01. The molecular weight excluding hydrogens is 238 g/mol. The van der Waals surface area contributed by atoms with E-state index in [-0.39, 0.29) is 0 Å². The second-order valence-electron chi connectivity index (χ2n) is 3.78. The summed E-state index contributed by atoms with van der Waals surface area (Å²) in [5.41, 5.74) is 8.07. The van der Waals surface area contributed by atoms with Gasteiger partial charge in [-0.1, -0.05) is 23.7 Å². The van der Waals surface area contributed by atoms with Crippen LogP contribution in [0.2, 0.25) is 0 Å². The van der Waals surface area contributed by atoms with Gasteiger partial charge in [0.05, 0.1) is 11.4 Å². The summed E-state index contributed by atoms with van der Waals surface area (Å²) in [6.45, 7) is 0. The lowest BCUT2D eigenvalue weighted by molar-refractivity contribution is 0.789. The normalized spacial score (nSPS) is 15.8. The molecule has 0 radical (unpaired) electrons. The van der Waals surface area contributed by atoms with Crippen LogP contribution in [0.3, 0.4) is 0 Å². The van der Waals surface area contributed by atoms with Crippen molar-refractivity contribution in [3.63, 3.8) is 0 Å². The first-order valence-corrected chi connectivity index (χ1v) is 5.47. The van der Waals surface area contributed by atoms with E-state index in [4.69, 9.17) is 17.3 Å². The number of anilines is 3. The SMILES string of the molecule is Nc1cc(C2(Cl)Nc3ccccc3N2)ncn1. The van der Waals surface area contributed by atoms with E-state index in [2.05, 4.69) is 20.6 Å². The number of halogens is 1. The maximum absolute atomic E-state index is 6.47. The van der Waals surface area contributed by atoms with Gasteiger partial charge in [0.2, 0.25) is 5.12 Å². The van der Waals surface area contributed by atoms with Crippen molar-refractivity contribution < 1.29 is 0 Å². The van der Waals surface area contributed by atoms with Gasteiger partial charge in [-0.25, -0.2) is 9.97 Å².